The lowest BCUT2D eigenvalue weighted by molar-refractivity contribution is -0.124. The van der Waals surface area contributed by atoms with E-state index in [-0.39, 0.29) is 18.1 Å². The second-order valence-electron chi connectivity index (χ2n) is 7.63. The number of benzene rings is 2. The number of carbonyl (C=O) groups excluding carboxylic acids is 1. The van der Waals surface area contributed by atoms with E-state index < -0.39 is 0 Å². The van der Waals surface area contributed by atoms with Crippen molar-refractivity contribution in [1.29, 1.82) is 0 Å². The molecule has 152 valence electrons. The number of hydrogen-bond acceptors (Lipinski definition) is 4. The molecular weight excluding hydrogens is 376 g/mol. The largest absolute Gasteiger partial charge is 0.490 e. The molecular formula is C22H29ClN2O3. The number of aryl methyl sites for hydroxylation is 1. The highest BCUT2D eigenvalue weighted by Gasteiger charge is 2.16. The Hall–Kier alpha value is -2.40. The molecule has 0 atom stereocenters. The SMILES string of the molecule is CCOc1cc(CNc2ccc(C)cc2)c(Cl)cc1OCC(=O)NC(C)(C)C. The van der Waals surface area contributed by atoms with Crippen LogP contribution in [0.1, 0.15) is 38.8 Å². The summed E-state index contributed by atoms with van der Waals surface area (Å²) in [6.07, 6.45) is 0. The summed E-state index contributed by atoms with van der Waals surface area (Å²) in [4.78, 5) is 12.0. The van der Waals surface area contributed by atoms with Crippen LogP contribution in [0.25, 0.3) is 0 Å². The molecule has 0 spiro atoms. The summed E-state index contributed by atoms with van der Waals surface area (Å²) in [6, 6.07) is 11.7. The monoisotopic (exact) mass is 404 g/mol. The summed E-state index contributed by atoms with van der Waals surface area (Å²) in [5.41, 5.74) is 2.79. The number of hydrogen-bond donors (Lipinski definition) is 2. The molecule has 2 aromatic rings. The van der Waals surface area contributed by atoms with E-state index in [4.69, 9.17) is 21.1 Å². The first-order valence-corrected chi connectivity index (χ1v) is 9.75. The van der Waals surface area contributed by atoms with E-state index in [0.717, 1.165) is 11.3 Å². The molecule has 0 heterocycles. The Morgan fingerprint density at radius 2 is 1.71 bits per heavy atom. The molecule has 0 aliphatic carbocycles. The molecule has 0 aliphatic heterocycles. The van der Waals surface area contributed by atoms with Crippen molar-refractivity contribution in [3.63, 3.8) is 0 Å². The third kappa shape index (κ3) is 6.97. The van der Waals surface area contributed by atoms with Gasteiger partial charge in [-0.2, -0.15) is 0 Å². The van der Waals surface area contributed by atoms with Crippen molar-refractivity contribution in [1.82, 2.24) is 5.32 Å². The van der Waals surface area contributed by atoms with Gasteiger partial charge in [-0.1, -0.05) is 29.3 Å². The fraction of sp³-hybridized carbons (Fsp3) is 0.409. The van der Waals surface area contributed by atoms with Crippen LogP contribution in [0.4, 0.5) is 5.69 Å². The van der Waals surface area contributed by atoms with Crippen LogP contribution in [0.15, 0.2) is 36.4 Å². The highest BCUT2D eigenvalue weighted by molar-refractivity contribution is 6.31. The van der Waals surface area contributed by atoms with Gasteiger partial charge in [0.05, 0.1) is 6.61 Å². The van der Waals surface area contributed by atoms with E-state index >= 15 is 0 Å². The third-order valence-corrected chi connectivity index (χ3v) is 4.17. The van der Waals surface area contributed by atoms with Crippen LogP contribution in [0, 0.1) is 6.92 Å². The summed E-state index contributed by atoms with van der Waals surface area (Å²) in [5.74, 6) is 0.822. The Balaban J connectivity index is 2.09. The first-order chi connectivity index (χ1) is 13.2. The molecule has 1 amide bonds. The van der Waals surface area contributed by atoms with Gasteiger partial charge in [-0.05, 0) is 58.4 Å². The average Bonchev–Trinajstić information content (AvgIpc) is 2.60. The van der Waals surface area contributed by atoms with Gasteiger partial charge in [0.1, 0.15) is 0 Å². The van der Waals surface area contributed by atoms with Crippen molar-refractivity contribution >= 4 is 23.2 Å². The second kappa shape index (κ2) is 9.69. The molecule has 2 aromatic carbocycles. The smallest absolute Gasteiger partial charge is 0.258 e. The molecule has 0 aliphatic rings. The van der Waals surface area contributed by atoms with Crippen molar-refractivity contribution < 1.29 is 14.3 Å². The maximum atomic E-state index is 12.0. The summed E-state index contributed by atoms with van der Waals surface area (Å²) in [6.45, 7) is 10.6. The Morgan fingerprint density at radius 3 is 2.32 bits per heavy atom. The summed E-state index contributed by atoms with van der Waals surface area (Å²) in [5, 5.41) is 6.76. The average molecular weight is 405 g/mol. The number of halogens is 1. The fourth-order valence-corrected chi connectivity index (χ4v) is 2.78. The van der Waals surface area contributed by atoms with Crippen LogP contribution < -0.4 is 20.1 Å². The highest BCUT2D eigenvalue weighted by Crippen LogP contribution is 2.34. The van der Waals surface area contributed by atoms with Crippen LogP contribution in [-0.4, -0.2) is 24.7 Å². The minimum atomic E-state index is -0.313. The van der Waals surface area contributed by atoms with Crippen LogP contribution in [-0.2, 0) is 11.3 Å². The maximum Gasteiger partial charge on any atom is 0.258 e. The Kier molecular flexibility index (Phi) is 7.58. The molecule has 0 unspecified atom stereocenters. The van der Waals surface area contributed by atoms with E-state index in [1.165, 1.54) is 5.56 Å². The number of anilines is 1. The quantitative estimate of drug-likeness (QED) is 0.653. The van der Waals surface area contributed by atoms with E-state index in [1.807, 2.05) is 45.9 Å². The zero-order valence-corrected chi connectivity index (χ0v) is 17.9. The lowest BCUT2D eigenvalue weighted by Gasteiger charge is -2.21. The second-order valence-corrected chi connectivity index (χ2v) is 8.04. The van der Waals surface area contributed by atoms with E-state index in [2.05, 4.69) is 29.7 Å². The molecule has 0 radical (unpaired) electrons. The number of nitrogens with one attached hydrogen (secondary N) is 2. The Bertz CT molecular complexity index is 799. The number of carbonyl (C=O) groups is 1. The zero-order valence-electron chi connectivity index (χ0n) is 17.2. The van der Waals surface area contributed by atoms with Crippen molar-refractivity contribution in [2.24, 2.45) is 0 Å². The molecule has 2 rings (SSSR count). The van der Waals surface area contributed by atoms with Crippen LogP contribution in [0.5, 0.6) is 11.5 Å². The summed E-state index contributed by atoms with van der Waals surface area (Å²) < 4.78 is 11.4. The van der Waals surface area contributed by atoms with Crippen molar-refractivity contribution in [3.05, 3.63) is 52.5 Å². The molecule has 5 nitrogen and oxygen atoms in total. The topological polar surface area (TPSA) is 59.6 Å². The van der Waals surface area contributed by atoms with Gasteiger partial charge in [0, 0.05) is 28.9 Å². The summed E-state index contributed by atoms with van der Waals surface area (Å²) in [7, 11) is 0. The molecule has 2 N–H and O–H groups in total. The van der Waals surface area contributed by atoms with Crippen molar-refractivity contribution in [2.45, 2.75) is 46.7 Å². The standard InChI is InChI=1S/C22H29ClN2O3/c1-6-27-19-11-16(13-24-17-9-7-15(2)8-10-17)18(23)12-20(19)28-14-21(26)25-22(3,4)5/h7-12,24H,6,13-14H2,1-5H3,(H,25,26). The molecule has 0 saturated carbocycles. The molecule has 0 saturated heterocycles. The Morgan fingerprint density at radius 1 is 1.07 bits per heavy atom. The molecule has 6 heteroatoms. The minimum absolute atomic E-state index is 0.103. The molecule has 28 heavy (non-hydrogen) atoms. The van der Waals surface area contributed by atoms with Crippen LogP contribution in [0.2, 0.25) is 5.02 Å². The lowest BCUT2D eigenvalue weighted by Crippen LogP contribution is -2.43. The van der Waals surface area contributed by atoms with Gasteiger partial charge in [0.15, 0.2) is 18.1 Å². The number of amides is 1. The van der Waals surface area contributed by atoms with Gasteiger partial charge in [-0.3, -0.25) is 4.79 Å². The van der Waals surface area contributed by atoms with Gasteiger partial charge in [0.2, 0.25) is 0 Å². The van der Waals surface area contributed by atoms with Gasteiger partial charge in [-0.25, -0.2) is 0 Å². The normalized spacial score (nSPS) is 11.1. The van der Waals surface area contributed by atoms with Crippen molar-refractivity contribution in [3.8, 4) is 11.5 Å². The van der Waals surface area contributed by atoms with Crippen molar-refractivity contribution in [2.75, 3.05) is 18.5 Å². The fourth-order valence-electron chi connectivity index (χ4n) is 2.56. The molecule has 0 aromatic heterocycles. The predicted molar refractivity (Wildman–Crippen MR) is 115 cm³/mol. The third-order valence-electron chi connectivity index (χ3n) is 3.82. The number of rotatable bonds is 8. The molecule has 0 fully saturated rings. The first-order valence-electron chi connectivity index (χ1n) is 9.37. The zero-order chi connectivity index (χ0) is 20.7. The predicted octanol–water partition coefficient (Wildman–Crippen LogP) is 4.95. The van der Waals surface area contributed by atoms with Gasteiger partial charge >= 0.3 is 0 Å². The van der Waals surface area contributed by atoms with E-state index in [0.29, 0.717) is 29.7 Å². The minimum Gasteiger partial charge on any atom is -0.490 e. The Labute approximate surface area is 172 Å². The van der Waals surface area contributed by atoms with E-state index in [1.54, 1.807) is 6.07 Å². The molecule has 0 bridgehead atoms. The van der Waals surface area contributed by atoms with E-state index in [9.17, 15) is 4.79 Å². The summed E-state index contributed by atoms with van der Waals surface area (Å²) >= 11 is 6.44. The maximum absolute atomic E-state index is 12.0. The first kappa shape index (κ1) is 21.9. The van der Waals surface area contributed by atoms with Crippen LogP contribution in [0.3, 0.4) is 0 Å². The van der Waals surface area contributed by atoms with Gasteiger partial charge in [0.25, 0.3) is 5.91 Å². The van der Waals surface area contributed by atoms with Gasteiger partial charge in [-0.15, -0.1) is 0 Å². The van der Waals surface area contributed by atoms with Crippen LogP contribution >= 0.6 is 11.6 Å². The highest BCUT2D eigenvalue weighted by atomic mass is 35.5. The van der Waals surface area contributed by atoms with Gasteiger partial charge < -0.3 is 20.1 Å². The number of ether oxygens (including phenoxy) is 2. The lowest BCUT2D eigenvalue weighted by atomic mass is 10.1.